The number of furan rings is 1. The first-order chi connectivity index (χ1) is 13.1. The van der Waals surface area contributed by atoms with Crippen molar-refractivity contribution in [1.29, 1.82) is 0 Å². The number of aromatic nitrogens is 1. The third-order valence-corrected chi connectivity index (χ3v) is 6.46. The first-order valence-electron chi connectivity index (χ1n) is 8.23. The number of carbonyl (C=O) groups is 1. The average molecular weight is 415 g/mol. The molecule has 4 nitrogen and oxygen atoms in total. The highest BCUT2D eigenvalue weighted by Gasteiger charge is 2.21. The van der Waals surface area contributed by atoms with E-state index in [-0.39, 0.29) is 5.91 Å². The average Bonchev–Trinajstić information content (AvgIpc) is 3.25. The summed E-state index contributed by atoms with van der Waals surface area (Å²) in [5.74, 6) is 0.581. The van der Waals surface area contributed by atoms with Crippen molar-refractivity contribution in [2.24, 2.45) is 0 Å². The van der Waals surface area contributed by atoms with Gasteiger partial charge in [0, 0.05) is 27.8 Å². The van der Waals surface area contributed by atoms with Crippen molar-refractivity contribution >= 4 is 57.3 Å². The van der Waals surface area contributed by atoms with Crippen LogP contribution in [0, 0.1) is 6.92 Å². The summed E-state index contributed by atoms with van der Waals surface area (Å²) in [5, 5.41) is 6.27. The summed E-state index contributed by atoms with van der Waals surface area (Å²) in [4.78, 5) is 17.4. The van der Waals surface area contributed by atoms with E-state index in [1.807, 2.05) is 48.7 Å². The number of benzene rings is 2. The molecule has 2 heterocycles. The van der Waals surface area contributed by atoms with Crippen LogP contribution in [0.3, 0.4) is 0 Å². The SMILES string of the molecule is Cc1csc(SCc2c(C(=O)Nc3ccccc3Cl)oc3ccccc23)n1. The molecule has 136 valence electrons. The topological polar surface area (TPSA) is 55.1 Å². The zero-order valence-electron chi connectivity index (χ0n) is 14.4. The Hall–Kier alpha value is -2.28. The number of para-hydroxylation sites is 2. The van der Waals surface area contributed by atoms with E-state index in [9.17, 15) is 4.79 Å². The highest BCUT2D eigenvalue weighted by Crippen LogP contribution is 2.34. The maximum Gasteiger partial charge on any atom is 0.291 e. The van der Waals surface area contributed by atoms with Crippen LogP contribution in [0.4, 0.5) is 5.69 Å². The predicted octanol–water partition coefficient (Wildman–Crippen LogP) is 6.40. The second kappa shape index (κ2) is 7.76. The molecule has 0 fully saturated rings. The number of hydrogen-bond donors (Lipinski definition) is 1. The maximum atomic E-state index is 12.9. The summed E-state index contributed by atoms with van der Waals surface area (Å²) in [6.07, 6.45) is 0. The van der Waals surface area contributed by atoms with Crippen LogP contribution in [-0.2, 0) is 5.75 Å². The lowest BCUT2D eigenvalue weighted by Crippen LogP contribution is -2.13. The van der Waals surface area contributed by atoms with Crippen LogP contribution in [0.15, 0.2) is 62.7 Å². The minimum absolute atomic E-state index is 0.303. The molecular formula is C20H15ClN2O2S2. The number of halogens is 1. The number of nitrogens with one attached hydrogen (secondary N) is 1. The smallest absolute Gasteiger partial charge is 0.291 e. The molecule has 0 aliphatic carbocycles. The molecule has 0 radical (unpaired) electrons. The van der Waals surface area contributed by atoms with Crippen molar-refractivity contribution in [2.75, 3.05) is 5.32 Å². The number of thiazole rings is 1. The Balaban J connectivity index is 1.66. The number of thioether (sulfide) groups is 1. The van der Waals surface area contributed by atoms with E-state index in [1.54, 1.807) is 35.2 Å². The Kier molecular flexibility index (Phi) is 5.20. The molecule has 2 aromatic carbocycles. The predicted molar refractivity (Wildman–Crippen MR) is 112 cm³/mol. The minimum Gasteiger partial charge on any atom is -0.451 e. The van der Waals surface area contributed by atoms with E-state index in [4.69, 9.17) is 16.0 Å². The van der Waals surface area contributed by atoms with Crippen LogP contribution < -0.4 is 5.32 Å². The van der Waals surface area contributed by atoms with Crippen LogP contribution in [-0.4, -0.2) is 10.9 Å². The third kappa shape index (κ3) is 3.88. The standard InChI is InChI=1S/C20H15ClN2O2S2/c1-12-10-26-20(22-12)27-11-14-13-6-2-5-9-17(13)25-18(14)19(24)23-16-8-4-3-7-15(16)21/h2-10H,11H2,1H3,(H,23,24). The van der Waals surface area contributed by atoms with Gasteiger partial charge in [-0.25, -0.2) is 4.98 Å². The van der Waals surface area contributed by atoms with Gasteiger partial charge >= 0.3 is 0 Å². The molecule has 0 atom stereocenters. The molecule has 0 spiro atoms. The lowest BCUT2D eigenvalue weighted by atomic mass is 10.1. The van der Waals surface area contributed by atoms with E-state index in [1.165, 1.54) is 0 Å². The number of anilines is 1. The van der Waals surface area contributed by atoms with Crippen molar-refractivity contribution in [3.63, 3.8) is 0 Å². The summed E-state index contributed by atoms with van der Waals surface area (Å²) >= 11 is 9.36. The lowest BCUT2D eigenvalue weighted by molar-refractivity contribution is 0.0998. The molecule has 27 heavy (non-hydrogen) atoms. The monoisotopic (exact) mass is 414 g/mol. The van der Waals surface area contributed by atoms with E-state index in [2.05, 4.69) is 10.3 Å². The fraction of sp³-hybridized carbons (Fsp3) is 0.100. The van der Waals surface area contributed by atoms with Gasteiger partial charge in [0.25, 0.3) is 5.91 Å². The number of carbonyl (C=O) groups excluding carboxylic acids is 1. The van der Waals surface area contributed by atoms with Crippen LogP contribution in [0.5, 0.6) is 0 Å². The molecule has 7 heteroatoms. The molecular weight excluding hydrogens is 400 g/mol. The minimum atomic E-state index is -0.315. The molecule has 0 unspecified atom stereocenters. The summed E-state index contributed by atoms with van der Waals surface area (Å²) in [6.45, 7) is 1.97. The van der Waals surface area contributed by atoms with Gasteiger partial charge in [0.1, 0.15) is 9.92 Å². The fourth-order valence-corrected chi connectivity index (χ4v) is 4.76. The summed E-state index contributed by atoms with van der Waals surface area (Å²) < 4.78 is 6.85. The van der Waals surface area contributed by atoms with E-state index < -0.39 is 0 Å². The molecule has 0 bridgehead atoms. The summed E-state index contributed by atoms with van der Waals surface area (Å²) in [7, 11) is 0. The van der Waals surface area contributed by atoms with Crippen molar-refractivity contribution in [2.45, 2.75) is 17.0 Å². The number of rotatable bonds is 5. The molecule has 2 aromatic heterocycles. The third-order valence-electron chi connectivity index (χ3n) is 3.96. The largest absolute Gasteiger partial charge is 0.451 e. The lowest BCUT2D eigenvalue weighted by Gasteiger charge is -2.06. The molecule has 0 aliphatic heterocycles. The summed E-state index contributed by atoms with van der Waals surface area (Å²) in [5.41, 5.74) is 3.09. The quantitative estimate of drug-likeness (QED) is 0.384. The van der Waals surface area contributed by atoms with Crippen LogP contribution in [0.2, 0.25) is 5.02 Å². The van der Waals surface area contributed by atoms with Crippen LogP contribution >= 0.6 is 34.7 Å². The van der Waals surface area contributed by atoms with Gasteiger partial charge in [0.2, 0.25) is 0 Å². The van der Waals surface area contributed by atoms with Gasteiger partial charge in [-0.15, -0.1) is 11.3 Å². The Labute approximate surface area is 169 Å². The fourth-order valence-electron chi connectivity index (χ4n) is 2.70. The molecule has 4 rings (SSSR count). The Morgan fingerprint density at radius 1 is 1.22 bits per heavy atom. The highest BCUT2D eigenvalue weighted by atomic mass is 35.5. The summed E-state index contributed by atoms with van der Waals surface area (Å²) in [6, 6.07) is 14.8. The van der Waals surface area contributed by atoms with E-state index >= 15 is 0 Å². The number of amides is 1. The van der Waals surface area contributed by atoms with E-state index in [0.717, 1.165) is 21.0 Å². The number of hydrogen-bond acceptors (Lipinski definition) is 5. The van der Waals surface area contributed by atoms with Crippen molar-refractivity contribution in [3.05, 3.63) is 76.0 Å². The van der Waals surface area contributed by atoms with Gasteiger partial charge in [0.15, 0.2) is 5.76 Å². The number of nitrogens with zero attached hydrogens (tertiary/aromatic N) is 1. The van der Waals surface area contributed by atoms with Crippen LogP contribution in [0.25, 0.3) is 11.0 Å². The maximum absolute atomic E-state index is 12.9. The zero-order valence-corrected chi connectivity index (χ0v) is 16.8. The zero-order chi connectivity index (χ0) is 18.8. The highest BCUT2D eigenvalue weighted by molar-refractivity contribution is 8.00. The Bertz CT molecular complexity index is 1120. The Morgan fingerprint density at radius 2 is 2.00 bits per heavy atom. The molecule has 1 N–H and O–H groups in total. The second-order valence-electron chi connectivity index (χ2n) is 5.88. The van der Waals surface area contributed by atoms with Gasteiger partial charge in [-0.2, -0.15) is 0 Å². The number of aryl methyl sites for hydroxylation is 1. The molecule has 1 amide bonds. The van der Waals surface area contributed by atoms with E-state index in [0.29, 0.717) is 27.8 Å². The molecule has 0 saturated carbocycles. The second-order valence-corrected chi connectivity index (χ2v) is 8.37. The molecule has 4 aromatic rings. The van der Waals surface area contributed by atoms with Crippen LogP contribution in [0.1, 0.15) is 21.8 Å². The Morgan fingerprint density at radius 3 is 2.78 bits per heavy atom. The first-order valence-corrected chi connectivity index (χ1v) is 10.5. The van der Waals surface area contributed by atoms with Crippen molar-refractivity contribution in [3.8, 4) is 0 Å². The first kappa shape index (κ1) is 18.1. The van der Waals surface area contributed by atoms with Gasteiger partial charge in [-0.05, 0) is 25.1 Å². The molecule has 0 aliphatic rings. The van der Waals surface area contributed by atoms with Crippen molar-refractivity contribution < 1.29 is 9.21 Å². The van der Waals surface area contributed by atoms with Gasteiger partial charge < -0.3 is 9.73 Å². The normalized spacial score (nSPS) is 11.0. The van der Waals surface area contributed by atoms with Gasteiger partial charge in [0.05, 0.1) is 10.7 Å². The van der Waals surface area contributed by atoms with Gasteiger partial charge in [-0.1, -0.05) is 53.7 Å². The number of fused-ring (bicyclic) bond motifs is 1. The van der Waals surface area contributed by atoms with Gasteiger partial charge in [-0.3, -0.25) is 4.79 Å². The molecule has 0 saturated heterocycles. The van der Waals surface area contributed by atoms with Crippen molar-refractivity contribution in [1.82, 2.24) is 4.98 Å².